The van der Waals surface area contributed by atoms with Crippen LogP contribution in [0, 0.1) is 0 Å². The summed E-state index contributed by atoms with van der Waals surface area (Å²) < 4.78 is 11.0. The molecule has 1 heterocycles. The Morgan fingerprint density at radius 2 is 1.57 bits per heavy atom. The molecule has 0 aliphatic carbocycles. The van der Waals surface area contributed by atoms with E-state index in [0.29, 0.717) is 23.6 Å². The fraction of sp³-hybridized carbons (Fsp3) is 0.435. The maximum Gasteiger partial charge on any atom is 0.260 e. The van der Waals surface area contributed by atoms with Crippen LogP contribution in [0.2, 0.25) is 0 Å². The lowest BCUT2D eigenvalue weighted by Gasteiger charge is -2.44. The summed E-state index contributed by atoms with van der Waals surface area (Å²) in [4.78, 5) is 17.1. The number of ether oxygens (including phenoxy) is 2. The van der Waals surface area contributed by atoms with Gasteiger partial charge in [-0.05, 0) is 38.0 Å². The molecule has 1 aliphatic rings. The van der Waals surface area contributed by atoms with E-state index in [0.717, 1.165) is 26.1 Å². The summed E-state index contributed by atoms with van der Waals surface area (Å²) >= 11 is 0. The van der Waals surface area contributed by atoms with Crippen molar-refractivity contribution in [3.8, 4) is 11.5 Å². The molecule has 2 aromatic rings. The predicted molar refractivity (Wildman–Crippen MR) is 111 cm³/mol. The van der Waals surface area contributed by atoms with Gasteiger partial charge in [-0.1, -0.05) is 42.5 Å². The van der Waals surface area contributed by atoms with Crippen LogP contribution < -0.4 is 9.47 Å². The van der Waals surface area contributed by atoms with Crippen LogP contribution in [0.4, 0.5) is 0 Å². The number of methoxy groups -OCH3 is 1. The molecule has 2 unspecified atom stereocenters. The van der Waals surface area contributed by atoms with E-state index in [-0.39, 0.29) is 12.5 Å². The molecule has 1 saturated heterocycles. The molecule has 0 N–H and O–H groups in total. The van der Waals surface area contributed by atoms with Gasteiger partial charge in [0.05, 0.1) is 7.11 Å². The molecule has 1 fully saturated rings. The number of benzene rings is 2. The highest BCUT2D eigenvalue weighted by Crippen LogP contribution is 2.26. The molecule has 0 bridgehead atoms. The lowest BCUT2D eigenvalue weighted by molar-refractivity contribution is -0.137. The Morgan fingerprint density at radius 3 is 2.21 bits per heavy atom. The van der Waals surface area contributed by atoms with Gasteiger partial charge in [0.2, 0.25) is 0 Å². The van der Waals surface area contributed by atoms with Gasteiger partial charge in [-0.3, -0.25) is 9.69 Å². The van der Waals surface area contributed by atoms with Gasteiger partial charge < -0.3 is 14.4 Å². The molecule has 1 aliphatic heterocycles. The Bertz CT molecular complexity index is 753. The topological polar surface area (TPSA) is 42.0 Å². The van der Waals surface area contributed by atoms with Crippen LogP contribution >= 0.6 is 0 Å². The van der Waals surface area contributed by atoms with E-state index in [1.807, 2.05) is 35.2 Å². The number of amides is 1. The summed E-state index contributed by atoms with van der Waals surface area (Å²) in [6, 6.07) is 18.6. The van der Waals surface area contributed by atoms with Crippen molar-refractivity contribution in [2.45, 2.75) is 32.4 Å². The van der Waals surface area contributed by atoms with Gasteiger partial charge >= 0.3 is 0 Å². The van der Waals surface area contributed by atoms with Crippen LogP contribution in [0.25, 0.3) is 0 Å². The van der Waals surface area contributed by atoms with E-state index in [2.05, 4.69) is 43.0 Å². The summed E-state index contributed by atoms with van der Waals surface area (Å²) in [6.07, 6.45) is 1.03. The molecule has 0 radical (unpaired) electrons. The summed E-state index contributed by atoms with van der Waals surface area (Å²) in [5.74, 6) is 1.26. The highest BCUT2D eigenvalue weighted by atomic mass is 16.5. The zero-order valence-electron chi connectivity index (χ0n) is 17.0. The Balaban J connectivity index is 1.52. The first kappa shape index (κ1) is 20.2. The number of piperazine rings is 1. The molecule has 1 amide bonds. The second-order valence-electron chi connectivity index (χ2n) is 7.41. The van der Waals surface area contributed by atoms with Crippen LogP contribution in [0.15, 0.2) is 54.6 Å². The number of carbonyl (C=O) groups is 1. The lowest BCUT2D eigenvalue weighted by atomic mass is 10.1. The van der Waals surface area contributed by atoms with Gasteiger partial charge in [0, 0.05) is 31.7 Å². The van der Waals surface area contributed by atoms with Crippen molar-refractivity contribution in [2.24, 2.45) is 0 Å². The second kappa shape index (κ2) is 9.60. The molecule has 0 spiro atoms. The normalized spacial score (nSPS) is 20.0. The molecular weight excluding hydrogens is 352 g/mol. The first-order valence-electron chi connectivity index (χ1n) is 9.91. The molecule has 5 nitrogen and oxygen atoms in total. The fourth-order valence-corrected chi connectivity index (χ4v) is 3.87. The zero-order chi connectivity index (χ0) is 19.9. The molecule has 2 aromatic carbocycles. The number of rotatable bonds is 7. The van der Waals surface area contributed by atoms with E-state index >= 15 is 0 Å². The van der Waals surface area contributed by atoms with E-state index in [9.17, 15) is 4.79 Å². The molecule has 0 aromatic heterocycles. The Morgan fingerprint density at radius 1 is 0.964 bits per heavy atom. The summed E-state index contributed by atoms with van der Waals surface area (Å²) in [5, 5.41) is 0. The second-order valence-corrected chi connectivity index (χ2v) is 7.41. The maximum atomic E-state index is 12.7. The van der Waals surface area contributed by atoms with Gasteiger partial charge in [-0.15, -0.1) is 0 Å². The van der Waals surface area contributed by atoms with E-state index in [1.54, 1.807) is 7.11 Å². The third kappa shape index (κ3) is 5.04. The molecule has 0 saturated carbocycles. The molecule has 28 heavy (non-hydrogen) atoms. The summed E-state index contributed by atoms with van der Waals surface area (Å²) in [6.45, 7) is 6.89. The highest BCUT2D eigenvalue weighted by molar-refractivity contribution is 5.78. The largest absolute Gasteiger partial charge is 0.493 e. The third-order valence-electron chi connectivity index (χ3n) is 5.38. The minimum Gasteiger partial charge on any atom is -0.493 e. The first-order chi connectivity index (χ1) is 13.6. The number of nitrogens with zero attached hydrogens (tertiary/aromatic N) is 2. The van der Waals surface area contributed by atoms with Crippen molar-refractivity contribution >= 4 is 5.91 Å². The van der Waals surface area contributed by atoms with Gasteiger partial charge in [-0.2, -0.15) is 0 Å². The van der Waals surface area contributed by atoms with Crippen LogP contribution in [0.3, 0.4) is 0 Å². The van der Waals surface area contributed by atoms with Gasteiger partial charge in [0.25, 0.3) is 5.91 Å². The van der Waals surface area contributed by atoms with Crippen LogP contribution in [0.5, 0.6) is 11.5 Å². The van der Waals surface area contributed by atoms with E-state index in [4.69, 9.17) is 9.47 Å². The molecule has 150 valence electrons. The average molecular weight is 383 g/mol. The number of hydrogen-bond acceptors (Lipinski definition) is 4. The summed E-state index contributed by atoms with van der Waals surface area (Å²) in [7, 11) is 1.60. The maximum absolute atomic E-state index is 12.7. The molecule has 3 rings (SSSR count). The monoisotopic (exact) mass is 382 g/mol. The number of carbonyl (C=O) groups excluding carboxylic acids is 1. The highest BCUT2D eigenvalue weighted by Gasteiger charge is 2.31. The van der Waals surface area contributed by atoms with Gasteiger partial charge in [0.1, 0.15) is 0 Å². The SMILES string of the molecule is COc1ccccc1OCC(=O)N1CC(C)N(CCc2ccccc2)C(C)C1. The number of para-hydroxylation sites is 2. The van der Waals surface area contributed by atoms with Crippen molar-refractivity contribution in [1.29, 1.82) is 0 Å². The van der Waals surface area contributed by atoms with Crippen LogP contribution in [0.1, 0.15) is 19.4 Å². The van der Waals surface area contributed by atoms with Crippen molar-refractivity contribution in [1.82, 2.24) is 9.80 Å². The van der Waals surface area contributed by atoms with E-state index < -0.39 is 0 Å². The Hall–Kier alpha value is -2.53. The van der Waals surface area contributed by atoms with Gasteiger partial charge in [-0.25, -0.2) is 0 Å². The predicted octanol–water partition coefficient (Wildman–Crippen LogP) is 3.24. The smallest absolute Gasteiger partial charge is 0.260 e. The van der Waals surface area contributed by atoms with Crippen LogP contribution in [-0.2, 0) is 11.2 Å². The quantitative estimate of drug-likeness (QED) is 0.737. The Labute approximate surface area is 167 Å². The number of hydrogen-bond donors (Lipinski definition) is 0. The first-order valence-corrected chi connectivity index (χ1v) is 9.91. The Kier molecular flexibility index (Phi) is 6.93. The van der Waals surface area contributed by atoms with Gasteiger partial charge in [0.15, 0.2) is 18.1 Å². The van der Waals surface area contributed by atoms with E-state index in [1.165, 1.54) is 5.56 Å². The van der Waals surface area contributed by atoms with Crippen molar-refractivity contribution in [3.63, 3.8) is 0 Å². The van der Waals surface area contributed by atoms with Crippen molar-refractivity contribution < 1.29 is 14.3 Å². The third-order valence-corrected chi connectivity index (χ3v) is 5.38. The zero-order valence-corrected chi connectivity index (χ0v) is 17.0. The standard InChI is InChI=1S/C23H30N2O3/c1-18-15-24(23(26)17-28-22-12-8-7-11-21(22)27-3)16-19(2)25(18)14-13-20-9-5-4-6-10-20/h4-12,18-19H,13-17H2,1-3H3. The molecule has 5 heteroatoms. The van der Waals surface area contributed by atoms with Crippen molar-refractivity contribution in [2.75, 3.05) is 33.4 Å². The average Bonchev–Trinajstić information content (AvgIpc) is 2.72. The lowest BCUT2D eigenvalue weighted by Crippen LogP contribution is -2.59. The minimum absolute atomic E-state index is 0.0207. The van der Waals surface area contributed by atoms with Crippen molar-refractivity contribution in [3.05, 3.63) is 60.2 Å². The minimum atomic E-state index is 0.0207. The summed E-state index contributed by atoms with van der Waals surface area (Å²) in [5.41, 5.74) is 1.35. The molecule has 2 atom stereocenters. The van der Waals surface area contributed by atoms with Crippen LogP contribution in [-0.4, -0.2) is 61.1 Å². The molecular formula is C23H30N2O3. The fourth-order valence-electron chi connectivity index (χ4n) is 3.87.